The molecule has 0 aliphatic carbocycles. The third-order valence-electron chi connectivity index (χ3n) is 2.50. The Kier molecular flexibility index (Phi) is 2.40. The average molecular weight is 243 g/mol. The van der Waals surface area contributed by atoms with Gasteiger partial charge in [0.25, 0.3) is 0 Å². The van der Waals surface area contributed by atoms with Gasteiger partial charge >= 0.3 is 0 Å². The van der Waals surface area contributed by atoms with E-state index in [1.54, 1.807) is 25.4 Å². The number of H-pyrrole nitrogens is 1. The molecule has 90 valence electrons. The first-order chi connectivity index (χ1) is 8.72. The zero-order chi connectivity index (χ0) is 12.5. The van der Waals surface area contributed by atoms with Crippen molar-refractivity contribution >= 4 is 22.7 Å². The van der Waals surface area contributed by atoms with Crippen molar-refractivity contribution in [2.45, 2.75) is 6.92 Å². The van der Waals surface area contributed by atoms with E-state index in [2.05, 4.69) is 25.3 Å². The third kappa shape index (κ3) is 1.88. The summed E-state index contributed by atoms with van der Waals surface area (Å²) < 4.78 is 12.8. The molecule has 18 heavy (non-hydrogen) atoms. The lowest BCUT2D eigenvalue weighted by atomic mass is 10.3. The van der Waals surface area contributed by atoms with E-state index in [1.165, 1.54) is 12.1 Å². The molecule has 3 aromatic rings. The molecule has 0 unspecified atom stereocenters. The summed E-state index contributed by atoms with van der Waals surface area (Å²) in [4.78, 5) is 15.6. The summed E-state index contributed by atoms with van der Waals surface area (Å²) >= 11 is 0. The van der Waals surface area contributed by atoms with E-state index in [4.69, 9.17) is 0 Å². The second-order valence-corrected chi connectivity index (χ2v) is 3.85. The van der Waals surface area contributed by atoms with E-state index in [0.29, 0.717) is 22.8 Å². The topological polar surface area (TPSA) is 66.5 Å². The number of anilines is 2. The van der Waals surface area contributed by atoms with Crippen LogP contribution in [0.15, 0.2) is 30.6 Å². The molecule has 0 radical (unpaired) electrons. The highest BCUT2D eigenvalue weighted by Crippen LogP contribution is 2.21. The van der Waals surface area contributed by atoms with Gasteiger partial charge < -0.3 is 10.3 Å². The fourth-order valence-electron chi connectivity index (χ4n) is 1.70. The largest absolute Gasteiger partial charge is 0.338 e. The summed E-state index contributed by atoms with van der Waals surface area (Å²) in [7, 11) is 0. The first-order valence-corrected chi connectivity index (χ1v) is 5.43. The maximum Gasteiger partial charge on any atom is 0.163 e. The highest BCUT2D eigenvalue weighted by atomic mass is 19.1. The van der Waals surface area contributed by atoms with Crippen LogP contribution in [0.5, 0.6) is 0 Å². The Morgan fingerprint density at radius 1 is 1.17 bits per heavy atom. The van der Waals surface area contributed by atoms with E-state index < -0.39 is 0 Å². The molecule has 6 heteroatoms. The number of halogens is 1. The van der Waals surface area contributed by atoms with Gasteiger partial charge in [0.05, 0.1) is 6.33 Å². The molecular formula is C12H10FN5. The van der Waals surface area contributed by atoms with Crippen LogP contribution in [0.3, 0.4) is 0 Å². The van der Waals surface area contributed by atoms with Gasteiger partial charge in [-0.3, -0.25) is 0 Å². The maximum atomic E-state index is 12.8. The average Bonchev–Trinajstić information content (AvgIpc) is 2.80. The Labute approximate surface area is 102 Å². The van der Waals surface area contributed by atoms with E-state index in [1.807, 2.05) is 0 Å². The lowest BCUT2D eigenvalue weighted by Gasteiger charge is -2.06. The minimum atomic E-state index is -0.274. The number of rotatable bonds is 2. The molecule has 0 spiro atoms. The smallest absolute Gasteiger partial charge is 0.163 e. The highest BCUT2D eigenvalue weighted by Gasteiger charge is 2.08. The summed E-state index contributed by atoms with van der Waals surface area (Å²) in [6, 6.07) is 6.06. The number of aromatic amines is 1. The summed E-state index contributed by atoms with van der Waals surface area (Å²) in [6.07, 6.45) is 1.56. The second kappa shape index (κ2) is 4.06. The van der Waals surface area contributed by atoms with Gasteiger partial charge in [-0.25, -0.2) is 19.3 Å². The molecule has 0 saturated heterocycles. The Morgan fingerprint density at radius 3 is 2.72 bits per heavy atom. The molecule has 0 bridgehead atoms. The van der Waals surface area contributed by atoms with Crippen LogP contribution in [-0.4, -0.2) is 19.9 Å². The molecular weight excluding hydrogens is 233 g/mol. The van der Waals surface area contributed by atoms with Gasteiger partial charge in [-0.2, -0.15) is 0 Å². The van der Waals surface area contributed by atoms with Gasteiger partial charge in [-0.05, 0) is 31.2 Å². The van der Waals surface area contributed by atoms with E-state index >= 15 is 0 Å². The van der Waals surface area contributed by atoms with Gasteiger partial charge in [0.15, 0.2) is 17.0 Å². The lowest BCUT2D eigenvalue weighted by molar-refractivity contribution is 0.628. The van der Waals surface area contributed by atoms with Crippen LogP contribution in [-0.2, 0) is 0 Å². The number of aryl methyl sites for hydroxylation is 1. The predicted molar refractivity (Wildman–Crippen MR) is 66.1 cm³/mol. The number of hydrogen-bond acceptors (Lipinski definition) is 4. The zero-order valence-corrected chi connectivity index (χ0v) is 9.61. The molecule has 2 heterocycles. The predicted octanol–water partition coefficient (Wildman–Crippen LogP) is 2.54. The standard InChI is InChI=1S/C12H10FN5/c1-7-16-11-10(14-6-15-11)12(17-7)18-9-4-2-8(13)3-5-9/h2-6H,1H3,(H2,14,15,16,17,18). The number of fused-ring (bicyclic) bond motifs is 1. The van der Waals surface area contributed by atoms with Crippen LogP contribution < -0.4 is 5.32 Å². The number of imidazole rings is 1. The second-order valence-electron chi connectivity index (χ2n) is 3.85. The molecule has 2 aromatic heterocycles. The van der Waals surface area contributed by atoms with Crippen LogP contribution in [0, 0.1) is 12.7 Å². The van der Waals surface area contributed by atoms with Gasteiger partial charge in [0.2, 0.25) is 0 Å². The lowest BCUT2D eigenvalue weighted by Crippen LogP contribution is -1.98. The number of benzene rings is 1. The zero-order valence-electron chi connectivity index (χ0n) is 9.61. The quantitative estimate of drug-likeness (QED) is 0.725. The minimum Gasteiger partial charge on any atom is -0.338 e. The van der Waals surface area contributed by atoms with Crippen molar-refractivity contribution < 1.29 is 4.39 Å². The molecule has 0 aliphatic heterocycles. The fraction of sp³-hybridized carbons (Fsp3) is 0.0833. The van der Waals surface area contributed by atoms with Crippen LogP contribution in [0.2, 0.25) is 0 Å². The SMILES string of the molecule is Cc1nc(Nc2ccc(F)cc2)c2nc[nH]c2n1. The van der Waals surface area contributed by atoms with Gasteiger partial charge in [0, 0.05) is 5.69 Å². The first kappa shape index (κ1) is 10.6. The summed E-state index contributed by atoms with van der Waals surface area (Å²) in [5.41, 5.74) is 2.08. The summed E-state index contributed by atoms with van der Waals surface area (Å²) in [5.74, 6) is 0.964. The minimum absolute atomic E-state index is 0.274. The molecule has 0 fully saturated rings. The summed E-state index contributed by atoms with van der Waals surface area (Å²) in [5, 5.41) is 3.10. The number of aromatic nitrogens is 4. The van der Waals surface area contributed by atoms with Crippen molar-refractivity contribution in [1.29, 1.82) is 0 Å². The molecule has 0 amide bonds. The summed E-state index contributed by atoms with van der Waals surface area (Å²) in [6.45, 7) is 1.80. The van der Waals surface area contributed by atoms with Gasteiger partial charge in [-0.1, -0.05) is 0 Å². The van der Waals surface area contributed by atoms with Crippen molar-refractivity contribution in [3.63, 3.8) is 0 Å². The highest BCUT2D eigenvalue weighted by molar-refractivity contribution is 5.84. The van der Waals surface area contributed by atoms with Crippen molar-refractivity contribution in [2.75, 3.05) is 5.32 Å². The van der Waals surface area contributed by atoms with Crippen LogP contribution in [0.25, 0.3) is 11.2 Å². The molecule has 5 nitrogen and oxygen atoms in total. The number of hydrogen-bond donors (Lipinski definition) is 2. The van der Waals surface area contributed by atoms with Gasteiger partial charge in [0.1, 0.15) is 11.6 Å². The fourth-order valence-corrected chi connectivity index (χ4v) is 1.70. The normalized spacial score (nSPS) is 10.8. The van der Waals surface area contributed by atoms with Crippen LogP contribution in [0.4, 0.5) is 15.9 Å². The Morgan fingerprint density at radius 2 is 1.94 bits per heavy atom. The van der Waals surface area contributed by atoms with Crippen molar-refractivity contribution in [2.24, 2.45) is 0 Å². The monoisotopic (exact) mass is 243 g/mol. The Bertz CT molecular complexity index is 689. The molecule has 0 aliphatic rings. The molecule has 2 N–H and O–H groups in total. The maximum absolute atomic E-state index is 12.8. The van der Waals surface area contributed by atoms with E-state index in [0.717, 1.165) is 5.69 Å². The number of nitrogens with zero attached hydrogens (tertiary/aromatic N) is 3. The number of nitrogens with one attached hydrogen (secondary N) is 2. The Balaban J connectivity index is 2.03. The molecule has 1 aromatic carbocycles. The molecule has 0 atom stereocenters. The van der Waals surface area contributed by atoms with Crippen molar-refractivity contribution in [3.05, 3.63) is 42.2 Å². The van der Waals surface area contributed by atoms with Gasteiger partial charge in [-0.15, -0.1) is 0 Å². The van der Waals surface area contributed by atoms with E-state index in [-0.39, 0.29) is 5.82 Å². The van der Waals surface area contributed by atoms with Crippen LogP contribution >= 0.6 is 0 Å². The first-order valence-electron chi connectivity index (χ1n) is 5.43. The molecule has 0 saturated carbocycles. The van der Waals surface area contributed by atoms with E-state index in [9.17, 15) is 4.39 Å². The van der Waals surface area contributed by atoms with Crippen molar-refractivity contribution in [3.8, 4) is 0 Å². The van der Waals surface area contributed by atoms with Crippen LogP contribution in [0.1, 0.15) is 5.82 Å². The Hall–Kier alpha value is -2.50. The third-order valence-corrected chi connectivity index (χ3v) is 2.50. The van der Waals surface area contributed by atoms with Crippen molar-refractivity contribution in [1.82, 2.24) is 19.9 Å². The molecule has 3 rings (SSSR count).